The zero-order valence-electron chi connectivity index (χ0n) is 9.89. The second-order valence-electron chi connectivity index (χ2n) is 4.91. The third-order valence-corrected chi connectivity index (χ3v) is 3.50. The third kappa shape index (κ3) is 2.64. The first-order valence-electron chi connectivity index (χ1n) is 5.88. The average molecular weight is 240 g/mol. The van der Waals surface area contributed by atoms with Crippen molar-refractivity contribution in [2.45, 2.75) is 39.5 Å². The van der Waals surface area contributed by atoms with Crippen LogP contribution in [0.25, 0.3) is 0 Å². The molecule has 0 radical (unpaired) electrons. The summed E-state index contributed by atoms with van der Waals surface area (Å²) in [7, 11) is 0. The van der Waals surface area contributed by atoms with Gasteiger partial charge < -0.3 is 5.32 Å². The highest BCUT2D eigenvalue weighted by Gasteiger charge is 2.37. The molecule has 1 aliphatic carbocycles. The molecule has 1 aromatic heterocycles. The molecule has 88 valence electrons. The summed E-state index contributed by atoms with van der Waals surface area (Å²) >= 11 is 6.08. The van der Waals surface area contributed by atoms with Crippen molar-refractivity contribution in [3.63, 3.8) is 0 Å². The lowest BCUT2D eigenvalue weighted by atomic mass is 10.1. The van der Waals surface area contributed by atoms with E-state index in [1.165, 1.54) is 19.2 Å². The fourth-order valence-corrected chi connectivity index (χ4v) is 1.93. The summed E-state index contributed by atoms with van der Waals surface area (Å²) in [6.45, 7) is 5.41. The van der Waals surface area contributed by atoms with Crippen LogP contribution < -0.4 is 5.32 Å². The summed E-state index contributed by atoms with van der Waals surface area (Å²) in [5.41, 5.74) is 1.52. The van der Waals surface area contributed by atoms with Gasteiger partial charge in [0.15, 0.2) is 0 Å². The highest BCUT2D eigenvalue weighted by molar-refractivity contribution is 6.30. The first-order valence-corrected chi connectivity index (χ1v) is 6.26. The molecule has 1 fully saturated rings. The Bertz CT molecular complexity index is 375. The Kier molecular flexibility index (Phi) is 3.33. The van der Waals surface area contributed by atoms with E-state index < -0.39 is 0 Å². The molecule has 0 atom stereocenters. The number of halogens is 1. The maximum absolute atomic E-state index is 6.08. The molecule has 3 nitrogen and oxygen atoms in total. The van der Waals surface area contributed by atoms with Crippen molar-refractivity contribution in [2.24, 2.45) is 5.41 Å². The van der Waals surface area contributed by atoms with Gasteiger partial charge in [-0.25, -0.2) is 9.97 Å². The molecule has 1 heterocycles. The smallest absolute Gasteiger partial charge is 0.137 e. The molecule has 0 spiro atoms. The number of aromatic nitrogens is 2. The number of hydrogen-bond acceptors (Lipinski definition) is 3. The van der Waals surface area contributed by atoms with Crippen molar-refractivity contribution < 1.29 is 0 Å². The lowest BCUT2D eigenvalue weighted by molar-refractivity contribution is 0.608. The SMILES string of the molecule is CCCc1c(Cl)ncnc1NCC1(C)CC1. The Labute approximate surface area is 102 Å². The first kappa shape index (κ1) is 11.6. The van der Waals surface area contributed by atoms with E-state index in [9.17, 15) is 0 Å². The molecule has 1 N–H and O–H groups in total. The molecule has 0 unspecified atom stereocenters. The van der Waals surface area contributed by atoms with Gasteiger partial charge in [0.1, 0.15) is 17.3 Å². The monoisotopic (exact) mass is 239 g/mol. The van der Waals surface area contributed by atoms with Gasteiger partial charge in [0.2, 0.25) is 0 Å². The fourth-order valence-electron chi connectivity index (χ4n) is 1.70. The van der Waals surface area contributed by atoms with Gasteiger partial charge in [-0.15, -0.1) is 0 Å². The van der Waals surface area contributed by atoms with Crippen molar-refractivity contribution in [2.75, 3.05) is 11.9 Å². The van der Waals surface area contributed by atoms with E-state index >= 15 is 0 Å². The normalized spacial score (nSPS) is 17.2. The number of nitrogens with zero attached hydrogens (tertiary/aromatic N) is 2. The number of nitrogens with one attached hydrogen (secondary N) is 1. The van der Waals surface area contributed by atoms with E-state index in [1.54, 1.807) is 0 Å². The van der Waals surface area contributed by atoms with Crippen molar-refractivity contribution in [3.05, 3.63) is 17.0 Å². The van der Waals surface area contributed by atoms with Gasteiger partial charge in [-0.2, -0.15) is 0 Å². The molecule has 0 amide bonds. The Morgan fingerprint density at radius 3 is 2.81 bits per heavy atom. The number of hydrogen-bond donors (Lipinski definition) is 1. The van der Waals surface area contributed by atoms with E-state index in [1.807, 2.05) is 0 Å². The summed E-state index contributed by atoms with van der Waals surface area (Å²) in [5.74, 6) is 0.912. The highest BCUT2D eigenvalue weighted by atomic mass is 35.5. The summed E-state index contributed by atoms with van der Waals surface area (Å²) in [4.78, 5) is 8.32. The van der Waals surface area contributed by atoms with Gasteiger partial charge in [0, 0.05) is 12.1 Å². The zero-order valence-corrected chi connectivity index (χ0v) is 10.6. The van der Waals surface area contributed by atoms with Crippen LogP contribution in [0.5, 0.6) is 0 Å². The molecule has 1 aromatic rings. The molecule has 2 rings (SSSR count). The van der Waals surface area contributed by atoms with Crippen molar-refractivity contribution in [1.29, 1.82) is 0 Å². The number of anilines is 1. The van der Waals surface area contributed by atoms with Gasteiger partial charge in [-0.05, 0) is 24.7 Å². The van der Waals surface area contributed by atoms with Crippen LogP contribution in [0.15, 0.2) is 6.33 Å². The molecule has 0 bridgehead atoms. The Hall–Kier alpha value is -0.830. The van der Waals surface area contributed by atoms with Gasteiger partial charge >= 0.3 is 0 Å². The Morgan fingerprint density at radius 2 is 2.19 bits per heavy atom. The van der Waals surface area contributed by atoms with Crippen LogP contribution in [0.1, 0.15) is 38.7 Å². The minimum Gasteiger partial charge on any atom is -0.369 e. The van der Waals surface area contributed by atoms with Gasteiger partial charge in [0.25, 0.3) is 0 Å². The summed E-state index contributed by atoms with van der Waals surface area (Å²) in [5, 5.41) is 3.99. The number of rotatable bonds is 5. The standard InChI is InChI=1S/C12H18ClN3/c1-3-4-9-10(13)15-8-16-11(9)14-7-12(2)5-6-12/h8H,3-7H2,1-2H3,(H,14,15,16). The van der Waals surface area contributed by atoms with Crippen LogP contribution in [-0.4, -0.2) is 16.5 Å². The maximum atomic E-state index is 6.08. The Morgan fingerprint density at radius 1 is 1.44 bits per heavy atom. The van der Waals surface area contributed by atoms with Crippen LogP contribution >= 0.6 is 11.6 Å². The molecule has 1 aliphatic rings. The molecule has 1 saturated carbocycles. The molecule has 4 heteroatoms. The van der Waals surface area contributed by atoms with Crippen LogP contribution in [-0.2, 0) is 6.42 Å². The van der Waals surface area contributed by atoms with E-state index in [0.29, 0.717) is 10.6 Å². The quantitative estimate of drug-likeness (QED) is 0.802. The van der Waals surface area contributed by atoms with Crippen LogP contribution in [0.4, 0.5) is 5.82 Å². The van der Waals surface area contributed by atoms with Crippen molar-refractivity contribution in [3.8, 4) is 0 Å². The van der Waals surface area contributed by atoms with E-state index in [0.717, 1.165) is 30.8 Å². The van der Waals surface area contributed by atoms with Crippen molar-refractivity contribution in [1.82, 2.24) is 9.97 Å². The van der Waals surface area contributed by atoms with Crippen LogP contribution in [0.2, 0.25) is 5.15 Å². The van der Waals surface area contributed by atoms with Crippen LogP contribution in [0.3, 0.4) is 0 Å². The Balaban J connectivity index is 2.09. The second kappa shape index (κ2) is 4.58. The molecular weight excluding hydrogens is 222 g/mol. The van der Waals surface area contributed by atoms with E-state index in [-0.39, 0.29) is 0 Å². The minimum atomic E-state index is 0.473. The minimum absolute atomic E-state index is 0.473. The highest BCUT2D eigenvalue weighted by Crippen LogP contribution is 2.44. The molecule has 0 aliphatic heterocycles. The van der Waals surface area contributed by atoms with Gasteiger partial charge in [0.05, 0.1) is 0 Å². The average Bonchev–Trinajstić information content (AvgIpc) is 2.99. The van der Waals surface area contributed by atoms with E-state index in [4.69, 9.17) is 11.6 Å². The van der Waals surface area contributed by atoms with Gasteiger partial charge in [-0.1, -0.05) is 31.9 Å². The lowest BCUT2D eigenvalue weighted by Gasteiger charge is -2.14. The fraction of sp³-hybridized carbons (Fsp3) is 0.667. The third-order valence-electron chi connectivity index (χ3n) is 3.18. The van der Waals surface area contributed by atoms with E-state index in [2.05, 4.69) is 29.1 Å². The zero-order chi connectivity index (χ0) is 11.6. The summed E-state index contributed by atoms with van der Waals surface area (Å²) in [6.07, 6.45) is 6.13. The first-order chi connectivity index (χ1) is 7.64. The van der Waals surface area contributed by atoms with Gasteiger partial charge in [-0.3, -0.25) is 0 Å². The predicted molar refractivity (Wildman–Crippen MR) is 66.9 cm³/mol. The maximum Gasteiger partial charge on any atom is 0.137 e. The van der Waals surface area contributed by atoms with Crippen LogP contribution in [0, 0.1) is 5.41 Å². The molecule has 16 heavy (non-hydrogen) atoms. The summed E-state index contributed by atoms with van der Waals surface area (Å²) < 4.78 is 0. The predicted octanol–water partition coefficient (Wildman–Crippen LogP) is 3.29. The molecule has 0 saturated heterocycles. The second-order valence-corrected chi connectivity index (χ2v) is 5.26. The summed E-state index contributed by atoms with van der Waals surface area (Å²) in [6, 6.07) is 0. The lowest BCUT2D eigenvalue weighted by Crippen LogP contribution is -2.14. The molecule has 0 aromatic carbocycles. The molecular formula is C12H18ClN3. The van der Waals surface area contributed by atoms with Crippen molar-refractivity contribution >= 4 is 17.4 Å². The topological polar surface area (TPSA) is 37.8 Å². The largest absolute Gasteiger partial charge is 0.369 e.